The zero-order chi connectivity index (χ0) is 11.4. The van der Waals surface area contributed by atoms with E-state index >= 15 is 0 Å². The Kier molecular flexibility index (Phi) is 3.47. The molecule has 0 bridgehead atoms. The van der Waals surface area contributed by atoms with Gasteiger partial charge in [0.25, 0.3) is 0 Å². The van der Waals surface area contributed by atoms with Gasteiger partial charge in [0.2, 0.25) is 0 Å². The number of ether oxygens (including phenoxy) is 1. The zero-order valence-electron chi connectivity index (χ0n) is 8.56. The lowest BCUT2D eigenvalue weighted by Crippen LogP contribution is -1.96. The van der Waals surface area contributed by atoms with Crippen LogP contribution >= 0.6 is 12.6 Å². The van der Waals surface area contributed by atoms with Crippen molar-refractivity contribution in [3.05, 3.63) is 59.9 Å². The third-order valence-corrected chi connectivity index (χ3v) is 2.52. The van der Waals surface area contributed by atoms with Gasteiger partial charge in [-0.15, -0.1) is 12.6 Å². The van der Waals surface area contributed by atoms with Crippen LogP contribution in [0.2, 0.25) is 0 Å². The van der Waals surface area contributed by atoms with E-state index < -0.39 is 0 Å². The number of halogens is 1. The molecule has 16 heavy (non-hydrogen) atoms. The number of rotatable bonds is 3. The summed E-state index contributed by atoms with van der Waals surface area (Å²) in [6.07, 6.45) is 0. The topological polar surface area (TPSA) is 9.23 Å². The van der Waals surface area contributed by atoms with E-state index in [0.717, 1.165) is 10.5 Å². The predicted octanol–water partition coefficient (Wildman–Crippen LogP) is 3.69. The minimum atomic E-state index is -0.250. The summed E-state index contributed by atoms with van der Waals surface area (Å²) in [4.78, 5) is 0.777. The van der Waals surface area contributed by atoms with Gasteiger partial charge in [0, 0.05) is 4.90 Å². The molecule has 0 amide bonds. The van der Waals surface area contributed by atoms with Crippen molar-refractivity contribution in [2.24, 2.45) is 0 Å². The maximum absolute atomic E-state index is 12.9. The second-order valence-electron chi connectivity index (χ2n) is 3.39. The van der Waals surface area contributed by atoms with E-state index in [-0.39, 0.29) is 5.82 Å². The van der Waals surface area contributed by atoms with Gasteiger partial charge in [0.05, 0.1) is 0 Å². The standard InChI is InChI=1S/C13H11FOS/c14-11-5-3-4-10(8-11)9-15-12-6-1-2-7-13(12)16/h1-8,16H,9H2. The maximum atomic E-state index is 12.9. The van der Waals surface area contributed by atoms with Crippen molar-refractivity contribution >= 4 is 12.6 Å². The quantitative estimate of drug-likeness (QED) is 0.797. The summed E-state index contributed by atoms with van der Waals surface area (Å²) < 4.78 is 18.4. The van der Waals surface area contributed by atoms with Crippen LogP contribution in [0.1, 0.15) is 5.56 Å². The first-order valence-electron chi connectivity index (χ1n) is 4.91. The first kappa shape index (κ1) is 11.0. The predicted molar refractivity (Wildman–Crippen MR) is 64.4 cm³/mol. The summed E-state index contributed by atoms with van der Waals surface area (Å²) in [6, 6.07) is 13.8. The van der Waals surface area contributed by atoms with E-state index in [1.165, 1.54) is 12.1 Å². The molecular weight excluding hydrogens is 223 g/mol. The Hall–Kier alpha value is -1.48. The average Bonchev–Trinajstić information content (AvgIpc) is 2.28. The van der Waals surface area contributed by atoms with Crippen LogP contribution in [0.15, 0.2) is 53.4 Å². The van der Waals surface area contributed by atoms with Crippen molar-refractivity contribution in [2.75, 3.05) is 0 Å². The van der Waals surface area contributed by atoms with Crippen LogP contribution in [0.3, 0.4) is 0 Å². The Morgan fingerprint density at radius 3 is 2.62 bits per heavy atom. The molecule has 0 fully saturated rings. The summed E-state index contributed by atoms with van der Waals surface area (Å²) in [5.74, 6) is 0.454. The third kappa shape index (κ3) is 2.76. The molecule has 0 spiro atoms. The van der Waals surface area contributed by atoms with Gasteiger partial charge in [-0.25, -0.2) is 4.39 Å². The number of benzene rings is 2. The van der Waals surface area contributed by atoms with Crippen LogP contribution in [0.4, 0.5) is 4.39 Å². The molecule has 3 heteroatoms. The van der Waals surface area contributed by atoms with Crippen LogP contribution in [0.5, 0.6) is 5.75 Å². The fourth-order valence-corrected chi connectivity index (χ4v) is 1.59. The van der Waals surface area contributed by atoms with Gasteiger partial charge in [0.1, 0.15) is 18.2 Å². The molecule has 0 aliphatic carbocycles. The summed E-state index contributed by atoms with van der Waals surface area (Å²) in [5.41, 5.74) is 0.802. The molecule has 0 saturated heterocycles. The van der Waals surface area contributed by atoms with E-state index in [1.807, 2.05) is 30.3 Å². The van der Waals surface area contributed by atoms with Gasteiger partial charge >= 0.3 is 0 Å². The van der Waals surface area contributed by atoms with E-state index in [9.17, 15) is 4.39 Å². The summed E-state index contributed by atoms with van der Waals surface area (Å²) in [7, 11) is 0. The van der Waals surface area contributed by atoms with Gasteiger partial charge in [-0.1, -0.05) is 24.3 Å². The van der Waals surface area contributed by atoms with Crippen molar-refractivity contribution in [2.45, 2.75) is 11.5 Å². The van der Waals surface area contributed by atoms with Gasteiger partial charge in [-0.05, 0) is 29.8 Å². The summed E-state index contributed by atoms with van der Waals surface area (Å²) in [6.45, 7) is 0.343. The number of hydrogen-bond acceptors (Lipinski definition) is 2. The lowest BCUT2D eigenvalue weighted by atomic mass is 10.2. The monoisotopic (exact) mass is 234 g/mol. The Morgan fingerprint density at radius 2 is 1.88 bits per heavy atom. The summed E-state index contributed by atoms with van der Waals surface area (Å²) in [5, 5.41) is 0. The average molecular weight is 234 g/mol. The molecule has 2 rings (SSSR count). The SMILES string of the molecule is Fc1cccc(COc2ccccc2S)c1. The van der Waals surface area contributed by atoms with Crippen LogP contribution in [0.25, 0.3) is 0 Å². The van der Waals surface area contributed by atoms with Crippen LogP contribution < -0.4 is 4.74 Å². The number of para-hydroxylation sites is 1. The molecule has 0 saturated carbocycles. The minimum Gasteiger partial charge on any atom is -0.488 e. The number of thiol groups is 1. The fraction of sp³-hybridized carbons (Fsp3) is 0.0769. The highest BCUT2D eigenvalue weighted by Gasteiger charge is 2.00. The van der Waals surface area contributed by atoms with Crippen LogP contribution in [-0.4, -0.2) is 0 Å². The van der Waals surface area contributed by atoms with E-state index in [1.54, 1.807) is 6.07 Å². The van der Waals surface area contributed by atoms with Crippen molar-refractivity contribution in [3.8, 4) is 5.75 Å². The maximum Gasteiger partial charge on any atom is 0.133 e. The van der Waals surface area contributed by atoms with Gasteiger partial charge in [-0.2, -0.15) is 0 Å². The highest BCUT2D eigenvalue weighted by atomic mass is 32.1. The smallest absolute Gasteiger partial charge is 0.133 e. The van der Waals surface area contributed by atoms with Gasteiger partial charge in [0.15, 0.2) is 0 Å². The molecule has 0 aliphatic heterocycles. The molecule has 0 aliphatic rings. The fourth-order valence-electron chi connectivity index (χ4n) is 1.37. The molecule has 0 radical (unpaired) electrons. The van der Waals surface area contributed by atoms with Crippen molar-refractivity contribution in [1.29, 1.82) is 0 Å². The van der Waals surface area contributed by atoms with Gasteiger partial charge in [-0.3, -0.25) is 0 Å². The zero-order valence-corrected chi connectivity index (χ0v) is 9.45. The lowest BCUT2D eigenvalue weighted by molar-refractivity contribution is 0.298. The van der Waals surface area contributed by atoms with Crippen molar-refractivity contribution in [3.63, 3.8) is 0 Å². The molecule has 2 aromatic rings. The van der Waals surface area contributed by atoms with Crippen LogP contribution in [-0.2, 0) is 6.61 Å². The van der Waals surface area contributed by atoms with E-state index in [0.29, 0.717) is 12.4 Å². The largest absolute Gasteiger partial charge is 0.488 e. The Labute approximate surface area is 99.3 Å². The molecule has 1 nitrogen and oxygen atoms in total. The lowest BCUT2D eigenvalue weighted by Gasteiger charge is -2.08. The van der Waals surface area contributed by atoms with E-state index in [2.05, 4.69) is 12.6 Å². The highest BCUT2D eigenvalue weighted by molar-refractivity contribution is 7.80. The molecule has 0 atom stereocenters. The van der Waals surface area contributed by atoms with Crippen LogP contribution in [0, 0.1) is 5.82 Å². The Morgan fingerprint density at radius 1 is 1.06 bits per heavy atom. The number of hydrogen-bond donors (Lipinski definition) is 1. The molecule has 0 aromatic heterocycles. The van der Waals surface area contributed by atoms with Crippen molar-refractivity contribution < 1.29 is 9.13 Å². The van der Waals surface area contributed by atoms with E-state index in [4.69, 9.17) is 4.74 Å². The summed E-state index contributed by atoms with van der Waals surface area (Å²) >= 11 is 4.27. The second-order valence-corrected chi connectivity index (χ2v) is 3.87. The Balaban J connectivity index is 2.05. The second kappa shape index (κ2) is 5.03. The Bertz CT molecular complexity index is 485. The minimum absolute atomic E-state index is 0.250. The normalized spacial score (nSPS) is 10.1. The van der Waals surface area contributed by atoms with Gasteiger partial charge < -0.3 is 4.74 Å². The molecule has 0 N–H and O–H groups in total. The molecular formula is C13H11FOS. The molecule has 0 unspecified atom stereocenters. The molecule has 82 valence electrons. The first-order chi connectivity index (χ1) is 7.75. The van der Waals surface area contributed by atoms with Crippen molar-refractivity contribution in [1.82, 2.24) is 0 Å². The molecule has 2 aromatic carbocycles. The third-order valence-electron chi connectivity index (χ3n) is 2.15. The molecule has 0 heterocycles. The highest BCUT2D eigenvalue weighted by Crippen LogP contribution is 2.22. The first-order valence-corrected chi connectivity index (χ1v) is 5.35.